The number of amides is 1. The molecule has 134 valence electrons. The number of anilines is 1. The lowest BCUT2D eigenvalue weighted by Gasteiger charge is -2.07. The highest BCUT2D eigenvalue weighted by atomic mass is 32.2. The van der Waals surface area contributed by atoms with Gasteiger partial charge in [-0.25, -0.2) is 4.98 Å². The van der Waals surface area contributed by atoms with E-state index in [1.54, 1.807) is 29.3 Å². The number of nitrogens with one attached hydrogen (secondary N) is 1. The second-order valence-corrected chi connectivity index (χ2v) is 8.29. The number of hydrogen-bond acceptors (Lipinski definition) is 5. The molecule has 1 amide bonds. The van der Waals surface area contributed by atoms with Crippen molar-refractivity contribution < 1.29 is 4.79 Å². The molecule has 0 saturated carbocycles. The average molecular weight is 392 g/mol. The van der Waals surface area contributed by atoms with E-state index >= 15 is 0 Å². The van der Waals surface area contributed by atoms with Crippen molar-refractivity contribution in [2.45, 2.75) is 17.0 Å². The highest BCUT2D eigenvalue weighted by Gasteiger charge is 2.10. The van der Waals surface area contributed by atoms with Gasteiger partial charge in [0.05, 0.1) is 15.9 Å². The molecule has 2 aromatic heterocycles. The molecular weight excluding hydrogens is 374 g/mol. The largest absolute Gasteiger partial charge is 0.322 e. The minimum absolute atomic E-state index is 0.0956. The van der Waals surface area contributed by atoms with E-state index < -0.39 is 0 Å². The van der Waals surface area contributed by atoms with Crippen LogP contribution in [0.2, 0.25) is 0 Å². The van der Waals surface area contributed by atoms with Crippen molar-refractivity contribution in [1.82, 2.24) is 9.97 Å². The van der Waals surface area contributed by atoms with Gasteiger partial charge in [0.2, 0.25) is 0 Å². The summed E-state index contributed by atoms with van der Waals surface area (Å²) in [5, 5.41) is 2.98. The van der Waals surface area contributed by atoms with Crippen LogP contribution in [0.3, 0.4) is 0 Å². The van der Waals surface area contributed by atoms with Crippen LogP contribution in [0.4, 0.5) is 5.69 Å². The van der Waals surface area contributed by atoms with E-state index in [1.807, 2.05) is 67.6 Å². The Morgan fingerprint density at radius 1 is 1.11 bits per heavy atom. The molecule has 0 aliphatic rings. The van der Waals surface area contributed by atoms with E-state index in [2.05, 4.69) is 15.3 Å². The maximum absolute atomic E-state index is 12.5. The Hall–Kier alpha value is -2.70. The zero-order chi connectivity index (χ0) is 18.6. The molecular formula is C21H17N3OS2. The summed E-state index contributed by atoms with van der Waals surface area (Å²) >= 11 is 3.30. The van der Waals surface area contributed by atoms with E-state index in [0.717, 1.165) is 37.3 Å². The van der Waals surface area contributed by atoms with Gasteiger partial charge < -0.3 is 5.32 Å². The smallest absolute Gasteiger partial charge is 0.255 e. The second-order valence-electron chi connectivity index (χ2n) is 6.04. The molecule has 4 rings (SSSR count). The Morgan fingerprint density at radius 3 is 2.78 bits per heavy atom. The van der Waals surface area contributed by atoms with Crippen LogP contribution < -0.4 is 5.32 Å². The summed E-state index contributed by atoms with van der Waals surface area (Å²) in [6.45, 7) is 1.94. The number of nitrogens with zero attached hydrogens (tertiary/aromatic N) is 2. The average Bonchev–Trinajstić information content (AvgIpc) is 3.10. The second kappa shape index (κ2) is 7.90. The molecule has 0 aliphatic carbocycles. The van der Waals surface area contributed by atoms with Crippen LogP contribution in [0.25, 0.3) is 10.2 Å². The quantitative estimate of drug-likeness (QED) is 0.454. The molecule has 0 aliphatic heterocycles. The molecule has 0 fully saturated rings. The Kier molecular flexibility index (Phi) is 5.18. The number of carbonyl (C=O) groups is 1. The lowest BCUT2D eigenvalue weighted by molar-refractivity contribution is 0.102. The molecule has 2 aromatic carbocycles. The highest BCUT2D eigenvalue weighted by molar-refractivity contribution is 8.00. The molecule has 4 aromatic rings. The Balaban J connectivity index is 1.49. The lowest BCUT2D eigenvalue weighted by atomic mass is 10.1. The summed E-state index contributed by atoms with van der Waals surface area (Å²) < 4.78 is 2.05. The van der Waals surface area contributed by atoms with Crippen LogP contribution in [0.1, 0.15) is 21.6 Å². The van der Waals surface area contributed by atoms with E-state index in [4.69, 9.17) is 0 Å². The van der Waals surface area contributed by atoms with Crippen molar-refractivity contribution >= 4 is 44.9 Å². The number of hydrogen-bond donors (Lipinski definition) is 1. The Morgan fingerprint density at radius 2 is 1.96 bits per heavy atom. The number of rotatable bonds is 5. The van der Waals surface area contributed by atoms with Crippen LogP contribution in [0, 0.1) is 6.92 Å². The summed E-state index contributed by atoms with van der Waals surface area (Å²) in [6.07, 6.45) is 1.80. The summed E-state index contributed by atoms with van der Waals surface area (Å²) in [5.41, 5.74) is 4.40. The topological polar surface area (TPSA) is 54.9 Å². The first-order valence-corrected chi connectivity index (χ1v) is 10.3. The maximum Gasteiger partial charge on any atom is 0.255 e. The SMILES string of the molecule is Cc1ccccc1C(=O)Nc1ccc2nc(SCc3ccccn3)sc2c1. The van der Waals surface area contributed by atoms with Gasteiger partial charge in [-0.2, -0.15) is 0 Å². The molecule has 6 heteroatoms. The number of carbonyl (C=O) groups excluding carboxylic acids is 1. The number of aromatic nitrogens is 2. The van der Waals surface area contributed by atoms with Crippen LogP contribution in [-0.4, -0.2) is 15.9 Å². The monoisotopic (exact) mass is 391 g/mol. The number of thiazole rings is 1. The third-order valence-electron chi connectivity index (χ3n) is 4.09. The van der Waals surface area contributed by atoms with Gasteiger partial charge in [0.15, 0.2) is 4.34 Å². The van der Waals surface area contributed by atoms with Gasteiger partial charge in [0.25, 0.3) is 5.91 Å². The molecule has 1 N–H and O–H groups in total. The van der Waals surface area contributed by atoms with E-state index in [0.29, 0.717) is 5.56 Å². The van der Waals surface area contributed by atoms with Crippen LogP contribution in [0.5, 0.6) is 0 Å². The summed E-state index contributed by atoms with van der Waals surface area (Å²) in [5.74, 6) is 0.694. The lowest BCUT2D eigenvalue weighted by Crippen LogP contribution is -2.13. The first kappa shape index (κ1) is 17.7. The van der Waals surface area contributed by atoms with Gasteiger partial charge in [-0.05, 0) is 48.9 Å². The third-order valence-corrected chi connectivity index (χ3v) is 6.28. The van der Waals surface area contributed by atoms with E-state index in [1.165, 1.54) is 0 Å². The fraction of sp³-hybridized carbons (Fsp3) is 0.0952. The number of thioether (sulfide) groups is 1. The number of pyridine rings is 1. The molecule has 0 bridgehead atoms. The van der Waals surface area contributed by atoms with Crippen molar-refractivity contribution in [2.24, 2.45) is 0 Å². The highest BCUT2D eigenvalue weighted by Crippen LogP contribution is 2.32. The van der Waals surface area contributed by atoms with Crippen molar-refractivity contribution in [3.05, 3.63) is 83.7 Å². The Bertz CT molecular complexity index is 1090. The molecule has 2 heterocycles. The standard InChI is InChI=1S/C21H17N3OS2/c1-14-6-2-3-8-17(14)20(25)23-15-9-10-18-19(12-15)27-21(24-18)26-13-16-7-4-5-11-22-16/h2-12H,13H2,1H3,(H,23,25). The van der Waals surface area contributed by atoms with Crippen molar-refractivity contribution in [2.75, 3.05) is 5.32 Å². The van der Waals surface area contributed by atoms with E-state index in [-0.39, 0.29) is 5.91 Å². The third kappa shape index (κ3) is 4.18. The number of aryl methyl sites for hydroxylation is 1. The normalized spacial score (nSPS) is 10.9. The summed E-state index contributed by atoms with van der Waals surface area (Å²) in [4.78, 5) is 21.5. The number of fused-ring (bicyclic) bond motifs is 1. The van der Waals surface area contributed by atoms with E-state index in [9.17, 15) is 4.79 Å². The van der Waals surface area contributed by atoms with Gasteiger partial charge in [-0.1, -0.05) is 36.0 Å². The maximum atomic E-state index is 12.5. The summed E-state index contributed by atoms with van der Waals surface area (Å²) in [7, 11) is 0. The molecule has 0 spiro atoms. The number of benzene rings is 2. The molecule has 0 radical (unpaired) electrons. The van der Waals surface area contributed by atoms with Crippen molar-refractivity contribution in [3.8, 4) is 0 Å². The van der Waals surface area contributed by atoms with Crippen LogP contribution in [0.15, 0.2) is 71.2 Å². The fourth-order valence-corrected chi connectivity index (χ4v) is 4.71. The van der Waals surface area contributed by atoms with Crippen LogP contribution >= 0.6 is 23.1 Å². The minimum Gasteiger partial charge on any atom is -0.322 e. The molecule has 0 saturated heterocycles. The zero-order valence-corrected chi connectivity index (χ0v) is 16.3. The summed E-state index contributed by atoms with van der Waals surface area (Å²) in [6, 6.07) is 19.3. The van der Waals surface area contributed by atoms with Gasteiger partial charge in [-0.3, -0.25) is 9.78 Å². The Labute approximate surface area is 165 Å². The van der Waals surface area contributed by atoms with Crippen molar-refractivity contribution in [1.29, 1.82) is 0 Å². The van der Waals surface area contributed by atoms with Crippen LogP contribution in [-0.2, 0) is 5.75 Å². The molecule has 0 atom stereocenters. The predicted octanol–water partition coefficient (Wildman–Crippen LogP) is 5.54. The molecule has 0 unspecified atom stereocenters. The molecule has 4 nitrogen and oxygen atoms in total. The zero-order valence-electron chi connectivity index (χ0n) is 14.7. The van der Waals surface area contributed by atoms with Gasteiger partial charge in [0.1, 0.15) is 0 Å². The molecule has 27 heavy (non-hydrogen) atoms. The van der Waals surface area contributed by atoms with Gasteiger partial charge >= 0.3 is 0 Å². The first-order valence-electron chi connectivity index (χ1n) is 8.49. The first-order chi connectivity index (χ1) is 13.2. The fourth-order valence-electron chi connectivity index (χ4n) is 2.69. The predicted molar refractivity (Wildman–Crippen MR) is 113 cm³/mol. The van der Waals surface area contributed by atoms with Gasteiger partial charge in [-0.15, -0.1) is 11.3 Å². The van der Waals surface area contributed by atoms with Gasteiger partial charge in [0, 0.05) is 23.2 Å². The minimum atomic E-state index is -0.0956. The van der Waals surface area contributed by atoms with Crippen molar-refractivity contribution in [3.63, 3.8) is 0 Å².